The zero-order valence-electron chi connectivity index (χ0n) is 9.12. The van der Waals surface area contributed by atoms with Gasteiger partial charge in [-0.05, 0) is 25.4 Å². The smallest absolute Gasteiger partial charge is 0 e. The van der Waals surface area contributed by atoms with Crippen LogP contribution in [0.2, 0.25) is 0 Å². The molecule has 0 rings (SSSR count). The lowest BCUT2D eigenvalue weighted by Crippen LogP contribution is -2.06. The quantitative estimate of drug-likeness (QED) is 0.626. The van der Waals surface area contributed by atoms with Crippen LogP contribution in [0.5, 0.6) is 0 Å². The summed E-state index contributed by atoms with van der Waals surface area (Å²) in [6.07, 6.45) is 2.59. The molecule has 11 heavy (non-hydrogen) atoms. The molecular weight excluding hydrogens is 134 g/mol. The van der Waals surface area contributed by atoms with Gasteiger partial charge in [0.2, 0.25) is 0 Å². The number of hydrogen-bond acceptors (Lipinski definition) is 1. The van der Waals surface area contributed by atoms with Gasteiger partial charge in [-0.3, -0.25) is 0 Å². The molecule has 0 aromatic heterocycles. The highest BCUT2D eigenvalue weighted by Crippen LogP contribution is 2.07. The minimum absolute atomic E-state index is 0. The fraction of sp³-hybridized carbons (Fsp3) is 1.00. The Kier molecular flexibility index (Phi) is 9.92. The highest BCUT2D eigenvalue weighted by molar-refractivity contribution is 4.47. The van der Waals surface area contributed by atoms with Gasteiger partial charge >= 0.3 is 0 Å². The van der Waals surface area contributed by atoms with E-state index in [2.05, 4.69) is 39.9 Å². The zero-order chi connectivity index (χ0) is 9.33. The second kappa shape index (κ2) is 8.06. The Hall–Kier alpha value is -0.0400. The van der Waals surface area contributed by atoms with Crippen LogP contribution in [0.3, 0.4) is 0 Å². The normalized spacial score (nSPS) is 10.4. The molecule has 0 saturated heterocycles. The molecule has 0 amide bonds. The third-order valence-electron chi connectivity index (χ3n) is 0.780. The van der Waals surface area contributed by atoms with E-state index in [1.54, 1.807) is 0 Å². The van der Waals surface area contributed by atoms with Crippen LogP contribution < -0.4 is 5.32 Å². The summed E-state index contributed by atoms with van der Waals surface area (Å²) in [5.41, 5.74) is 0.500. The molecule has 0 saturated carbocycles. The summed E-state index contributed by atoms with van der Waals surface area (Å²) in [4.78, 5) is 0. The van der Waals surface area contributed by atoms with Crippen LogP contribution in [0.4, 0.5) is 0 Å². The lowest BCUT2D eigenvalue weighted by atomic mass is 10.0. The van der Waals surface area contributed by atoms with E-state index in [0.717, 1.165) is 6.54 Å². The SMILES string of the molecule is CC(C)(C)C.CCCCNC.[HH]. The van der Waals surface area contributed by atoms with Gasteiger partial charge in [0.05, 0.1) is 0 Å². The first kappa shape index (κ1) is 13.5. The van der Waals surface area contributed by atoms with Gasteiger partial charge in [-0.1, -0.05) is 41.0 Å². The molecule has 0 aliphatic carbocycles. The molecule has 0 aromatic rings. The molecule has 0 heterocycles. The molecular formula is C10H27N. The van der Waals surface area contributed by atoms with E-state index in [-0.39, 0.29) is 1.43 Å². The molecule has 0 radical (unpaired) electrons. The van der Waals surface area contributed by atoms with Gasteiger partial charge in [0.1, 0.15) is 0 Å². The van der Waals surface area contributed by atoms with Crippen molar-refractivity contribution in [2.24, 2.45) is 5.41 Å². The number of hydrogen-bond donors (Lipinski definition) is 1. The van der Waals surface area contributed by atoms with Crippen LogP contribution in [0.1, 0.15) is 48.9 Å². The third kappa shape index (κ3) is 72.0. The van der Waals surface area contributed by atoms with Gasteiger partial charge in [-0.2, -0.15) is 0 Å². The van der Waals surface area contributed by atoms with Crippen LogP contribution in [0.25, 0.3) is 0 Å². The molecule has 1 N–H and O–H groups in total. The van der Waals surface area contributed by atoms with Crippen molar-refractivity contribution in [3.05, 3.63) is 0 Å². The molecule has 0 spiro atoms. The summed E-state index contributed by atoms with van der Waals surface area (Å²) in [6.45, 7) is 12.1. The first-order valence-electron chi connectivity index (χ1n) is 4.56. The summed E-state index contributed by atoms with van der Waals surface area (Å²) in [5, 5.41) is 3.07. The maximum absolute atomic E-state index is 3.07. The Morgan fingerprint density at radius 2 is 1.55 bits per heavy atom. The zero-order valence-corrected chi connectivity index (χ0v) is 9.12. The fourth-order valence-electron chi connectivity index (χ4n) is 0.354. The maximum Gasteiger partial charge on any atom is 0 e. The summed E-state index contributed by atoms with van der Waals surface area (Å²) in [7, 11) is 1.98. The lowest BCUT2D eigenvalue weighted by molar-refractivity contribution is 0.469. The van der Waals surface area contributed by atoms with Crippen molar-refractivity contribution in [1.82, 2.24) is 5.32 Å². The van der Waals surface area contributed by atoms with E-state index in [0.29, 0.717) is 5.41 Å². The summed E-state index contributed by atoms with van der Waals surface area (Å²) < 4.78 is 0. The number of unbranched alkanes of at least 4 members (excludes halogenated alkanes) is 1. The van der Waals surface area contributed by atoms with Crippen molar-refractivity contribution in [1.29, 1.82) is 0 Å². The number of nitrogens with one attached hydrogen (secondary N) is 1. The van der Waals surface area contributed by atoms with Gasteiger partial charge in [0.15, 0.2) is 0 Å². The van der Waals surface area contributed by atoms with Crippen molar-refractivity contribution in [3.63, 3.8) is 0 Å². The highest BCUT2D eigenvalue weighted by atomic mass is 14.8. The fourth-order valence-corrected chi connectivity index (χ4v) is 0.354. The highest BCUT2D eigenvalue weighted by Gasteiger charge is 1.95. The molecule has 1 heteroatoms. The van der Waals surface area contributed by atoms with Crippen LogP contribution in [0, 0.1) is 5.41 Å². The van der Waals surface area contributed by atoms with E-state index in [4.69, 9.17) is 0 Å². The first-order chi connectivity index (χ1) is 4.91. The lowest BCUT2D eigenvalue weighted by Gasteiger charge is -2.05. The Morgan fingerprint density at radius 3 is 1.64 bits per heavy atom. The topological polar surface area (TPSA) is 12.0 Å². The first-order valence-corrected chi connectivity index (χ1v) is 4.56. The van der Waals surface area contributed by atoms with E-state index in [1.165, 1.54) is 12.8 Å². The molecule has 0 aliphatic heterocycles. The minimum Gasteiger partial charge on any atom is -0.320 e. The van der Waals surface area contributed by atoms with E-state index in [1.807, 2.05) is 7.05 Å². The Morgan fingerprint density at radius 1 is 1.18 bits per heavy atom. The summed E-state index contributed by atoms with van der Waals surface area (Å²) in [6, 6.07) is 0. The molecule has 0 fully saturated rings. The average Bonchev–Trinajstić information content (AvgIpc) is 1.79. The molecule has 72 valence electrons. The second-order valence-corrected chi connectivity index (χ2v) is 4.46. The Bertz CT molecular complexity index is 56.7. The Labute approximate surface area is 74.1 Å². The predicted octanol–water partition coefficient (Wildman–Crippen LogP) is 3.30. The van der Waals surface area contributed by atoms with Crippen LogP contribution in [-0.2, 0) is 0 Å². The predicted molar refractivity (Wildman–Crippen MR) is 56.1 cm³/mol. The average molecular weight is 161 g/mol. The third-order valence-corrected chi connectivity index (χ3v) is 0.780. The van der Waals surface area contributed by atoms with Gasteiger partial charge in [0, 0.05) is 1.43 Å². The Balaban J connectivity index is -0.000000126. The van der Waals surface area contributed by atoms with Gasteiger partial charge < -0.3 is 5.32 Å². The summed E-state index contributed by atoms with van der Waals surface area (Å²) in [5.74, 6) is 0. The molecule has 0 aliphatic rings. The van der Waals surface area contributed by atoms with Gasteiger partial charge in [-0.15, -0.1) is 0 Å². The van der Waals surface area contributed by atoms with E-state index in [9.17, 15) is 0 Å². The van der Waals surface area contributed by atoms with Crippen molar-refractivity contribution < 1.29 is 1.43 Å². The summed E-state index contributed by atoms with van der Waals surface area (Å²) >= 11 is 0. The van der Waals surface area contributed by atoms with Crippen molar-refractivity contribution in [2.45, 2.75) is 47.5 Å². The molecule has 0 atom stereocenters. The van der Waals surface area contributed by atoms with Crippen molar-refractivity contribution in [3.8, 4) is 0 Å². The van der Waals surface area contributed by atoms with E-state index >= 15 is 0 Å². The molecule has 0 bridgehead atoms. The van der Waals surface area contributed by atoms with E-state index < -0.39 is 0 Å². The molecule has 0 unspecified atom stereocenters. The van der Waals surface area contributed by atoms with Gasteiger partial charge in [0.25, 0.3) is 0 Å². The van der Waals surface area contributed by atoms with Crippen molar-refractivity contribution in [2.75, 3.05) is 13.6 Å². The maximum atomic E-state index is 3.07. The van der Waals surface area contributed by atoms with Crippen LogP contribution >= 0.6 is 0 Å². The minimum atomic E-state index is 0. The van der Waals surface area contributed by atoms with Crippen molar-refractivity contribution >= 4 is 0 Å². The molecule has 1 nitrogen and oxygen atoms in total. The number of rotatable bonds is 3. The second-order valence-electron chi connectivity index (χ2n) is 4.46. The molecule has 0 aromatic carbocycles. The largest absolute Gasteiger partial charge is 0.320 e. The van der Waals surface area contributed by atoms with Gasteiger partial charge in [-0.25, -0.2) is 0 Å². The van der Waals surface area contributed by atoms with Crippen LogP contribution in [-0.4, -0.2) is 13.6 Å². The van der Waals surface area contributed by atoms with Crippen LogP contribution in [0.15, 0.2) is 0 Å². The standard InChI is InChI=1S/C5H13N.C5H12.H2/c1-3-4-5-6-2;1-5(2,3)4;/h6H,3-5H2,1-2H3;1-4H3;1H. The monoisotopic (exact) mass is 161 g/mol.